The molecule has 4 rings (SSSR count). The lowest BCUT2D eigenvalue weighted by Gasteiger charge is -2.40. The lowest BCUT2D eigenvalue weighted by molar-refractivity contribution is -0.138. The molecule has 0 spiro atoms. The van der Waals surface area contributed by atoms with E-state index in [1.165, 1.54) is 5.56 Å². The van der Waals surface area contributed by atoms with Crippen molar-refractivity contribution in [2.24, 2.45) is 5.41 Å². The fourth-order valence-electron chi connectivity index (χ4n) is 3.93. The van der Waals surface area contributed by atoms with E-state index in [0.717, 1.165) is 35.8 Å². The van der Waals surface area contributed by atoms with Crippen molar-refractivity contribution in [3.8, 4) is 11.5 Å². The van der Waals surface area contributed by atoms with E-state index < -0.39 is 0 Å². The number of carbonyl (C=O) groups excluding carboxylic acids is 1. The zero-order valence-corrected chi connectivity index (χ0v) is 15.5. The Morgan fingerprint density at radius 2 is 2.04 bits per heavy atom. The zero-order valence-electron chi connectivity index (χ0n) is 15.5. The highest BCUT2D eigenvalue weighted by molar-refractivity contribution is 5.77. The topological polar surface area (TPSA) is 64.8 Å². The van der Waals surface area contributed by atoms with E-state index in [1.54, 1.807) is 0 Å². The largest absolute Gasteiger partial charge is 0.454 e. The summed E-state index contributed by atoms with van der Waals surface area (Å²) in [6.45, 7) is 7.49. The van der Waals surface area contributed by atoms with Gasteiger partial charge in [-0.15, -0.1) is 0 Å². The van der Waals surface area contributed by atoms with Crippen molar-refractivity contribution in [2.45, 2.75) is 46.6 Å². The molecule has 26 heavy (non-hydrogen) atoms. The third-order valence-electron chi connectivity index (χ3n) is 5.28. The van der Waals surface area contributed by atoms with E-state index in [-0.39, 0.29) is 18.1 Å². The lowest BCUT2D eigenvalue weighted by atomic mass is 9.76. The van der Waals surface area contributed by atoms with Crippen molar-refractivity contribution >= 4 is 5.91 Å². The molecule has 0 unspecified atom stereocenters. The number of hydrogen-bond acceptors (Lipinski definition) is 5. The number of amides is 1. The van der Waals surface area contributed by atoms with Crippen LogP contribution in [0.5, 0.6) is 11.5 Å². The average Bonchev–Trinajstić information content (AvgIpc) is 3.17. The van der Waals surface area contributed by atoms with Crippen LogP contribution in [0.4, 0.5) is 0 Å². The number of carbonyl (C=O) groups is 1. The van der Waals surface area contributed by atoms with Crippen LogP contribution in [0.3, 0.4) is 0 Å². The van der Waals surface area contributed by atoms with Crippen LogP contribution in [-0.2, 0) is 17.8 Å². The Labute approximate surface area is 153 Å². The van der Waals surface area contributed by atoms with Gasteiger partial charge in [0, 0.05) is 19.9 Å². The van der Waals surface area contributed by atoms with Gasteiger partial charge in [-0.3, -0.25) is 4.79 Å². The van der Waals surface area contributed by atoms with Gasteiger partial charge < -0.3 is 18.8 Å². The highest BCUT2D eigenvalue weighted by Gasteiger charge is 2.36. The Morgan fingerprint density at radius 3 is 2.81 bits per heavy atom. The smallest absolute Gasteiger partial charge is 0.231 e. The van der Waals surface area contributed by atoms with E-state index in [4.69, 9.17) is 13.9 Å². The maximum absolute atomic E-state index is 12.4. The average molecular weight is 356 g/mol. The maximum Gasteiger partial charge on any atom is 0.231 e. The molecule has 2 aromatic rings. The monoisotopic (exact) mass is 356 g/mol. The van der Waals surface area contributed by atoms with Crippen LogP contribution in [0.15, 0.2) is 22.6 Å². The lowest BCUT2D eigenvalue weighted by Crippen LogP contribution is -2.45. The highest BCUT2D eigenvalue weighted by atomic mass is 16.7. The third kappa shape index (κ3) is 3.28. The number of benzene rings is 1. The summed E-state index contributed by atoms with van der Waals surface area (Å²) in [6.07, 6.45) is 2.34. The molecule has 0 N–H and O–H groups in total. The van der Waals surface area contributed by atoms with E-state index in [2.05, 4.69) is 24.0 Å². The summed E-state index contributed by atoms with van der Waals surface area (Å²) in [6, 6.07) is 6.11. The normalized spacial score (nSPS) is 22.1. The standard InChI is InChI=1S/C20H24N2O4/c1-13-16(21-14(2)26-13)10-22-11-20(3,7-6-19(22)23)9-15-4-5-17-18(8-15)25-12-24-17/h4-5,8H,6-7,9-12H2,1-3H3/t20-/m0/s1. The number of aryl methyl sites for hydroxylation is 2. The molecule has 0 aliphatic carbocycles. The van der Waals surface area contributed by atoms with Gasteiger partial charge in [-0.1, -0.05) is 13.0 Å². The highest BCUT2D eigenvalue weighted by Crippen LogP contribution is 2.38. The van der Waals surface area contributed by atoms with Crippen LogP contribution in [0.1, 0.15) is 42.7 Å². The van der Waals surface area contributed by atoms with Gasteiger partial charge in [0.25, 0.3) is 0 Å². The molecule has 1 atom stereocenters. The number of aromatic nitrogens is 1. The molecule has 0 saturated carbocycles. The van der Waals surface area contributed by atoms with Gasteiger partial charge in [0.1, 0.15) is 11.5 Å². The van der Waals surface area contributed by atoms with Gasteiger partial charge in [0.2, 0.25) is 12.7 Å². The van der Waals surface area contributed by atoms with Crippen molar-refractivity contribution in [3.63, 3.8) is 0 Å². The van der Waals surface area contributed by atoms with Crippen molar-refractivity contribution in [3.05, 3.63) is 41.1 Å². The molecule has 0 bridgehead atoms. The van der Waals surface area contributed by atoms with Crippen LogP contribution in [-0.4, -0.2) is 29.1 Å². The Balaban J connectivity index is 1.49. The molecular weight excluding hydrogens is 332 g/mol. The van der Waals surface area contributed by atoms with E-state index in [9.17, 15) is 4.79 Å². The van der Waals surface area contributed by atoms with Crippen LogP contribution >= 0.6 is 0 Å². The Morgan fingerprint density at radius 1 is 1.23 bits per heavy atom. The molecule has 6 heteroatoms. The molecule has 1 aromatic heterocycles. The maximum atomic E-state index is 12.4. The van der Waals surface area contributed by atoms with E-state index >= 15 is 0 Å². The Bertz CT molecular complexity index is 844. The predicted octanol–water partition coefficient (Wildman–Crippen LogP) is 3.39. The molecule has 3 heterocycles. The van der Waals surface area contributed by atoms with E-state index in [0.29, 0.717) is 25.4 Å². The molecule has 1 fully saturated rings. The fraction of sp³-hybridized carbons (Fsp3) is 0.500. The van der Waals surface area contributed by atoms with Gasteiger partial charge in [-0.2, -0.15) is 0 Å². The number of oxazole rings is 1. The second-order valence-electron chi connectivity index (χ2n) is 7.66. The Hall–Kier alpha value is -2.50. The van der Waals surface area contributed by atoms with Gasteiger partial charge in [-0.25, -0.2) is 4.98 Å². The fourth-order valence-corrected chi connectivity index (χ4v) is 3.93. The van der Waals surface area contributed by atoms with Crippen LogP contribution in [0.2, 0.25) is 0 Å². The SMILES string of the molecule is Cc1nc(CN2C[C@](C)(Cc3ccc4c(c3)OCO4)CCC2=O)c(C)o1. The zero-order chi connectivity index (χ0) is 18.3. The van der Waals surface area contributed by atoms with Crippen LogP contribution < -0.4 is 9.47 Å². The summed E-state index contributed by atoms with van der Waals surface area (Å²) in [4.78, 5) is 18.8. The summed E-state index contributed by atoms with van der Waals surface area (Å²) in [7, 11) is 0. The first kappa shape index (κ1) is 16.9. The third-order valence-corrected chi connectivity index (χ3v) is 5.28. The molecule has 1 amide bonds. The number of fused-ring (bicyclic) bond motifs is 1. The number of piperidine rings is 1. The summed E-state index contributed by atoms with van der Waals surface area (Å²) in [5, 5.41) is 0. The number of nitrogens with zero attached hydrogens (tertiary/aromatic N) is 2. The molecule has 6 nitrogen and oxygen atoms in total. The molecule has 138 valence electrons. The second kappa shape index (κ2) is 6.34. The molecule has 0 radical (unpaired) electrons. The van der Waals surface area contributed by atoms with Crippen molar-refractivity contribution in [1.82, 2.24) is 9.88 Å². The van der Waals surface area contributed by atoms with Crippen molar-refractivity contribution in [2.75, 3.05) is 13.3 Å². The number of hydrogen-bond donors (Lipinski definition) is 0. The van der Waals surface area contributed by atoms with E-state index in [1.807, 2.05) is 24.8 Å². The number of rotatable bonds is 4. The molecular formula is C20H24N2O4. The summed E-state index contributed by atoms with van der Waals surface area (Å²) >= 11 is 0. The first-order valence-electron chi connectivity index (χ1n) is 9.01. The minimum Gasteiger partial charge on any atom is -0.454 e. The number of likely N-dealkylation sites (tertiary alicyclic amines) is 1. The molecule has 1 aromatic carbocycles. The summed E-state index contributed by atoms with van der Waals surface area (Å²) in [5.74, 6) is 3.23. The minimum atomic E-state index is 0.0221. The minimum absolute atomic E-state index is 0.0221. The van der Waals surface area contributed by atoms with Crippen LogP contribution in [0, 0.1) is 19.3 Å². The van der Waals surface area contributed by atoms with Gasteiger partial charge >= 0.3 is 0 Å². The number of ether oxygens (including phenoxy) is 2. The summed E-state index contributed by atoms with van der Waals surface area (Å²) < 4.78 is 16.4. The quantitative estimate of drug-likeness (QED) is 0.840. The summed E-state index contributed by atoms with van der Waals surface area (Å²) in [5.41, 5.74) is 2.08. The van der Waals surface area contributed by atoms with Gasteiger partial charge in [-0.05, 0) is 42.9 Å². The predicted molar refractivity (Wildman–Crippen MR) is 95.0 cm³/mol. The molecule has 2 aliphatic heterocycles. The van der Waals surface area contributed by atoms with Gasteiger partial charge in [0.15, 0.2) is 17.4 Å². The second-order valence-corrected chi connectivity index (χ2v) is 7.66. The Kier molecular flexibility index (Phi) is 4.13. The van der Waals surface area contributed by atoms with Crippen LogP contribution in [0.25, 0.3) is 0 Å². The van der Waals surface area contributed by atoms with Gasteiger partial charge in [0.05, 0.1) is 6.54 Å². The first-order chi connectivity index (χ1) is 12.4. The molecule has 2 aliphatic rings. The van der Waals surface area contributed by atoms with Crippen molar-refractivity contribution in [1.29, 1.82) is 0 Å². The first-order valence-corrected chi connectivity index (χ1v) is 9.01. The molecule has 1 saturated heterocycles. The van der Waals surface area contributed by atoms with Crippen molar-refractivity contribution < 1.29 is 18.7 Å².